The standard InChI is InChI=1S/C21H24FNO2/c1-3-21(24)23-19-10-9-15-12-18(22)20(25-2)13-16(15)17(19)11-14-7-5-4-6-8-14/h4-8,12-13,17,19H,3,9-11H2,1-2H3,(H,23,24). The van der Waals surface area contributed by atoms with Gasteiger partial charge in [0.2, 0.25) is 5.91 Å². The number of rotatable bonds is 5. The second kappa shape index (κ2) is 7.68. The maximum Gasteiger partial charge on any atom is 0.219 e. The Morgan fingerprint density at radius 3 is 2.72 bits per heavy atom. The molecule has 0 bridgehead atoms. The number of halogens is 1. The van der Waals surface area contributed by atoms with Crippen molar-refractivity contribution in [2.24, 2.45) is 0 Å². The van der Waals surface area contributed by atoms with Crippen molar-refractivity contribution in [3.05, 3.63) is 65.0 Å². The Kier molecular flexibility index (Phi) is 5.37. The smallest absolute Gasteiger partial charge is 0.219 e. The van der Waals surface area contributed by atoms with Crippen LogP contribution in [0.5, 0.6) is 5.75 Å². The van der Waals surface area contributed by atoms with E-state index in [9.17, 15) is 9.18 Å². The molecule has 3 nitrogen and oxygen atoms in total. The van der Waals surface area contributed by atoms with E-state index in [1.165, 1.54) is 12.7 Å². The fourth-order valence-corrected chi connectivity index (χ4v) is 3.66. The van der Waals surface area contributed by atoms with Crippen LogP contribution < -0.4 is 10.1 Å². The lowest BCUT2D eigenvalue weighted by molar-refractivity contribution is -0.121. The molecular weight excluding hydrogens is 317 g/mol. The Bertz CT molecular complexity index is 745. The lowest BCUT2D eigenvalue weighted by Gasteiger charge is -2.35. The van der Waals surface area contributed by atoms with Crippen LogP contribution in [0.2, 0.25) is 0 Å². The highest BCUT2D eigenvalue weighted by atomic mass is 19.1. The van der Waals surface area contributed by atoms with Crippen LogP contribution >= 0.6 is 0 Å². The van der Waals surface area contributed by atoms with Crippen LogP contribution in [0, 0.1) is 5.82 Å². The lowest BCUT2D eigenvalue weighted by atomic mass is 9.76. The van der Waals surface area contributed by atoms with Crippen LogP contribution in [-0.4, -0.2) is 19.1 Å². The molecule has 2 aromatic carbocycles. The molecule has 3 rings (SSSR count). The molecule has 0 heterocycles. The highest BCUT2D eigenvalue weighted by Crippen LogP contribution is 2.37. The van der Waals surface area contributed by atoms with E-state index in [0.29, 0.717) is 6.42 Å². The zero-order chi connectivity index (χ0) is 17.8. The normalized spacial score (nSPS) is 19.2. The molecule has 2 unspecified atom stereocenters. The molecule has 1 N–H and O–H groups in total. The maximum absolute atomic E-state index is 14.1. The van der Waals surface area contributed by atoms with Gasteiger partial charge in [0.1, 0.15) is 0 Å². The van der Waals surface area contributed by atoms with Gasteiger partial charge in [-0.15, -0.1) is 0 Å². The van der Waals surface area contributed by atoms with Gasteiger partial charge in [-0.3, -0.25) is 4.79 Å². The van der Waals surface area contributed by atoms with Crippen molar-refractivity contribution in [2.75, 3.05) is 7.11 Å². The Morgan fingerprint density at radius 1 is 1.28 bits per heavy atom. The highest BCUT2D eigenvalue weighted by molar-refractivity contribution is 5.76. The first kappa shape index (κ1) is 17.5. The zero-order valence-electron chi connectivity index (χ0n) is 14.7. The van der Waals surface area contributed by atoms with Gasteiger partial charge in [0.25, 0.3) is 0 Å². The number of hydrogen-bond donors (Lipinski definition) is 1. The molecule has 0 radical (unpaired) electrons. The van der Waals surface area contributed by atoms with Crippen molar-refractivity contribution in [3.8, 4) is 5.75 Å². The molecule has 0 saturated carbocycles. The minimum atomic E-state index is -0.323. The Morgan fingerprint density at radius 2 is 2.04 bits per heavy atom. The van der Waals surface area contributed by atoms with Gasteiger partial charge in [0.15, 0.2) is 11.6 Å². The van der Waals surface area contributed by atoms with E-state index < -0.39 is 0 Å². The number of methoxy groups -OCH3 is 1. The predicted octanol–water partition coefficient (Wildman–Crippen LogP) is 4.00. The third kappa shape index (κ3) is 3.84. The molecule has 0 spiro atoms. The van der Waals surface area contributed by atoms with Crippen LogP contribution in [0.15, 0.2) is 42.5 Å². The Hall–Kier alpha value is -2.36. The molecule has 2 aromatic rings. The number of nitrogens with one attached hydrogen (secondary N) is 1. The largest absolute Gasteiger partial charge is 0.494 e. The summed E-state index contributed by atoms with van der Waals surface area (Å²) in [6.07, 6.45) is 2.85. The molecule has 25 heavy (non-hydrogen) atoms. The van der Waals surface area contributed by atoms with Crippen molar-refractivity contribution in [1.82, 2.24) is 5.32 Å². The minimum Gasteiger partial charge on any atom is -0.494 e. The van der Waals surface area contributed by atoms with E-state index in [1.54, 1.807) is 6.07 Å². The predicted molar refractivity (Wildman–Crippen MR) is 96.4 cm³/mol. The molecule has 1 aliphatic carbocycles. The van der Waals surface area contributed by atoms with Crippen LogP contribution in [0.25, 0.3) is 0 Å². The fourth-order valence-electron chi connectivity index (χ4n) is 3.66. The average Bonchev–Trinajstić information content (AvgIpc) is 2.64. The molecule has 1 aliphatic rings. The number of fused-ring (bicyclic) bond motifs is 1. The van der Waals surface area contributed by atoms with Gasteiger partial charge in [0, 0.05) is 18.4 Å². The number of ether oxygens (including phenoxy) is 1. The first-order valence-electron chi connectivity index (χ1n) is 8.82. The average molecular weight is 341 g/mol. The second-order valence-corrected chi connectivity index (χ2v) is 6.55. The molecule has 4 heteroatoms. The molecule has 2 atom stereocenters. The third-order valence-electron chi connectivity index (χ3n) is 4.99. The van der Waals surface area contributed by atoms with Crippen molar-refractivity contribution in [2.45, 2.75) is 44.6 Å². The van der Waals surface area contributed by atoms with Crippen molar-refractivity contribution in [3.63, 3.8) is 0 Å². The van der Waals surface area contributed by atoms with Crippen LogP contribution in [-0.2, 0) is 17.6 Å². The summed E-state index contributed by atoms with van der Waals surface area (Å²) in [6.45, 7) is 1.86. The van der Waals surface area contributed by atoms with Gasteiger partial charge in [-0.2, -0.15) is 0 Å². The number of carbonyl (C=O) groups excluding carboxylic acids is 1. The van der Waals surface area contributed by atoms with Crippen molar-refractivity contribution < 1.29 is 13.9 Å². The number of amides is 1. The zero-order valence-corrected chi connectivity index (χ0v) is 14.7. The third-order valence-corrected chi connectivity index (χ3v) is 4.99. The van der Waals surface area contributed by atoms with E-state index in [0.717, 1.165) is 30.4 Å². The van der Waals surface area contributed by atoms with Crippen molar-refractivity contribution >= 4 is 5.91 Å². The number of benzene rings is 2. The maximum atomic E-state index is 14.1. The molecule has 0 saturated heterocycles. The highest BCUT2D eigenvalue weighted by Gasteiger charge is 2.31. The van der Waals surface area contributed by atoms with Crippen LogP contribution in [0.3, 0.4) is 0 Å². The summed E-state index contributed by atoms with van der Waals surface area (Å²) in [4.78, 5) is 12.0. The van der Waals surface area contributed by atoms with Crippen molar-refractivity contribution in [1.29, 1.82) is 0 Å². The summed E-state index contributed by atoms with van der Waals surface area (Å²) in [7, 11) is 1.48. The summed E-state index contributed by atoms with van der Waals surface area (Å²) >= 11 is 0. The first-order chi connectivity index (χ1) is 12.1. The van der Waals surface area contributed by atoms with Gasteiger partial charge in [-0.25, -0.2) is 4.39 Å². The van der Waals surface area contributed by atoms with Gasteiger partial charge in [-0.1, -0.05) is 37.3 Å². The van der Waals surface area contributed by atoms with Crippen LogP contribution in [0.1, 0.15) is 42.4 Å². The first-order valence-corrected chi connectivity index (χ1v) is 8.82. The summed E-state index contributed by atoms with van der Waals surface area (Å²) in [5.41, 5.74) is 3.30. The van der Waals surface area contributed by atoms with Crippen LogP contribution in [0.4, 0.5) is 4.39 Å². The van der Waals surface area contributed by atoms with E-state index in [-0.39, 0.29) is 29.4 Å². The number of hydrogen-bond acceptors (Lipinski definition) is 2. The monoisotopic (exact) mass is 341 g/mol. The van der Waals surface area contributed by atoms with Gasteiger partial charge in [-0.05, 0) is 48.1 Å². The quantitative estimate of drug-likeness (QED) is 0.893. The molecule has 0 aliphatic heterocycles. The van der Waals surface area contributed by atoms with E-state index in [4.69, 9.17) is 4.74 Å². The molecule has 0 fully saturated rings. The van der Waals surface area contributed by atoms with Gasteiger partial charge in [0.05, 0.1) is 7.11 Å². The van der Waals surface area contributed by atoms with E-state index in [2.05, 4.69) is 17.4 Å². The Labute approximate surface area is 148 Å². The SMILES string of the molecule is CCC(=O)NC1CCc2cc(F)c(OC)cc2C1Cc1ccccc1. The van der Waals surface area contributed by atoms with E-state index in [1.807, 2.05) is 31.2 Å². The number of carbonyl (C=O) groups is 1. The lowest BCUT2D eigenvalue weighted by Crippen LogP contribution is -2.42. The van der Waals surface area contributed by atoms with Gasteiger partial charge >= 0.3 is 0 Å². The topological polar surface area (TPSA) is 38.3 Å². The summed E-state index contributed by atoms with van der Waals surface area (Å²) in [5.74, 6) is 0.103. The van der Waals surface area contributed by atoms with Gasteiger partial charge < -0.3 is 10.1 Å². The molecule has 0 aromatic heterocycles. The molecule has 132 valence electrons. The summed E-state index contributed by atoms with van der Waals surface area (Å²) < 4.78 is 19.3. The molecular formula is C21H24FNO2. The minimum absolute atomic E-state index is 0.0512. The number of aryl methyl sites for hydroxylation is 1. The summed E-state index contributed by atoms with van der Waals surface area (Å²) in [6, 6.07) is 13.7. The fraction of sp³-hybridized carbons (Fsp3) is 0.381. The van der Waals surface area contributed by atoms with E-state index >= 15 is 0 Å². The Balaban J connectivity index is 1.98. The summed E-state index contributed by atoms with van der Waals surface area (Å²) in [5, 5.41) is 3.16. The molecule has 1 amide bonds. The second-order valence-electron chi connectivity index (χ2n) is 6.55.